The average molecular weight is 693 g/mol. The van der Waals surface area contributed by atoms with Crippen LogP contribution >= 0.6 is 0 Å². The van der Waals surface area contributed by atoms with Crippen LogP contribution in [0.25, 0.3) is 0 Å². The van der Waals surface area contributed by atoms with Crippen molar-refractivity contribution in [2.45, 2.75) is 62.4 Å². The molecule has 4 nitrogen and oxygen atoms in total. The van der Waals surface area contributed by atoms with Crippen LogP contribution in [0.4, 0.5) is 5.69 Å². The topological polar surface area (TPSA) is 27.3 Å². The third-order valence-corrected chi connectivity index (χ3v) is 10.4. The van der Waals surface area contributed by atoms with Crippen molar-refractivity contribution < 1.29 is 28.5 Å². The lowest BCUT2D eigenvalue weighted by Gasteiger charge is -2.37. The zero-order chi connectivity index (χ0) is 28.8. The highest BCUT2D eigenvalue weighted by Crippen LogP contribution is 2.41. The van der Waals surface area contributed by atoms with Gasteiger partial charge in [-0.15, -0.1) is 0 Å². The predicted octanol–water partition coefficient (Wildman–Crippen LogP) is 3.67. The van der Waals surface area contributed by atoms with Gasteiger partial charge in [-0.2, -0.15) is 0 Å². The van der Waals surface area contributed by atoms with Gasteiger partial charge in [0, 0.05) is 55.5 Å². The Morgan fingerprint density at radius 3 is 1.49 bits per heavy atom. The molecule has 0 radical (unpaired) electrons. The van der Waals surface area contributed by atoms with Crippen LogP contribution in [0.5, 0.6) is 0 Å². The van der Waals surface area contributed by atoms with Gasteiger partial charge in [0.05, 0.1) is 27.2 Å². The number of hydrogen-bond donors (Lipinski definition) is 2. The average Bonchev–Trinajstić information content (AvgIpc) is 3.97. The number of benzene rings is 3. The molecule has 2 heterocycles. The summed E-state index contributed by atoms with van der Waals surface area (Å²) in [4.78, 5) is 2.53. The number of rotatable bonds is 9. The Labute approximate surface area is 278 Å². The standard InChI is InChI=1S/C21H26N2.C17H27N2.HI/c1-3-7-18(8-4-1)20-15-21(20)22-16-17-11-13-23(14-12-17)19-9-5-2-6-10-19;1-19(2)10-8-14(9-11-19)13-18-17-12-16(17)15-6-4-3-5-7-15;/h1-10,17,20-22H,11-16H2;3-7,14,16-18H,8-13H2,1-2H3;1H/q;+1;/p-1. The molecule has 3 aromatic carbocycles. The van der Waals surface area contributed by atoms with Crippen LogP contribution in [-0.2, 0) is 0 Å². The number of nitrogens with zero attached hydrogens (tertiary/aromatic N) is 2. The van der Waals surface area contributed by atoms with E-state index in [-0.39, 0.29) is 24.0 Å². The molecule has 2 aliphatic carbocycles. The maximum absolute atomic E-state index is 3.81. The summed E-state index contributed by atoms with van der Waals surface area (Å²) < 4.78 is 1.21. The van der Waals surface area contributed by atoms with Crippen molar-refractivity contribution in [2.75, 3.05) is 58.3 Å². The molecule has 4 unspecified atom stereocenters. The zero-order valence-electron chi connectivity index (χ0n) is 26.4. The molecule has 7 rings (SSSR count). The van der Waals surface area contributed by atoms with Gasteiger partial charge in [-0.1, -0.05) is 78.9 Å². The molecular weight excluding hydrogens is 639 g/mol. The van der Waals surface area contributed by atoms with Crippen molar-refractivity contribution in [1.82, 2.24) is 10.6 Å². The molecule has 4 atom stereocenters. The quantitative estimate of drug-likeness (QED) is 0.265. The number of hydrogen-bond acceptors (Lipinski definition) is 3. The molecule has 5 heteroatoms. The van der Waals surface area contributed by atoms with Gasteiger partial charge in [0.25, 0.3) is 0 Å². The van der Waals surface area contributed by atoms with E-state index < -0.39 is 0 Å². The summed E-state index contributed by atoms with van der Waals surface area (Å²) in [6.45, 7) is 7.51. The molecule has 2 saturated carbocycles. The Balaban J connectivity index is 0.000000170. The minimum Gasteiger partial charge on any atom is -1.00 e. The minimum atomic E-state index is 0. The molecule has 2 aliphatic heterocycles. The summed E-state index contributed by atoms with van der Waals surface area (Å²) in [5.74, 6) is 3.27. The van der Waals surface area contributed by atoms with Crippen molar-refractivity contribution in [1.29, 1.82) is 0 Å². The van der Waals surface area contributed by atoms with E-state index in [0.29, 0.717) is 6.04 Å². The minimum absolute atomic E-state index is 0. The van der Waals surface area contributed by atoms with Crippen LogP contribution in [0.3, 0.4) is 0 Å². The van der Waals surface area contributed by atoms with Gasteiger partial charge in [0.1, 0.15) is 0 Å². The summed E-state index contributed by atoms with van der Waals surface area (Å²) in [5, 5.41) is 7.61. The number of likely N-dealkylation sites (tertiary alicyclic amines) is 1. The Bertz CT molecular complexity index is 1200. The van der Waals surface area contributed by atoms with E-state index in [1.807, 2.05) is 0 Å². The summed E-state index contributed by atoms with van der Waals surface area (Å²) in [7, 11) is 4.71. The van der Waals surface area contributed by atoms with Crippen LogP contribution in [-0.4, -0.2) is 69.9 Å². The number of quaternary nitrogens is 1. The Hall–Kier alpha value is -1.93. The van der Waals surface area contributed by atoms with Crippen LogP contribution in [0.1, 0.15) is 61.5 Å². The molecule has 0 amide bonds. The first kappa shape index (κ1) is 32.5. The number of nitrogens with one attached hydrogen (secondary N) is 2. The largest absolute Gasteiger partial charge is 1.00 e. The first-order valence-electron chi connectivity index (χ1n) is 16.7. The second-order valence-electron chi connectivity index (χ2n) is 14.1. The lowest BCUT2D eigenvalue weighted by atomic mass is 9.96. The Kier molecular flexibility index (Phi) is 11.6. The normalized spacial score (nSPS) is 26.5. The lowest BCUT2D eigenvalue weighted by molar-refractivity contribution is -0.896. The first-order chi connectivity index (χ1) is 20.5. The molecule has 232 valence electrons. The van der Waals surface area contributed by atoms with E-state index in [4.69, 9.17) is 0 Å². The third kappa shape index (κ3) is 9.53. The highest BCUT2D eigenvalue weighted by Gasteiger charge is 2.39. The molecule has 2 N–H and O–H groups in total. The van der Waals surface area contributed by atoms with E-state index >= 15 is 0 Å². The smallest absolute Gasteiger partial charge is 0.0785 e. The maximum atomic E-state index is 3.81. The van der Waals surface area contributed by atoms with Gasteiger partial charge in [0.2, 0.25) is 0 Å². The fraction of sp³-hybridized carbons (Fsp3) is 0.526. The van der Waals surface area contributed by atoms with E-state index in [2.05, 4.69) is 121 Å². The number of halogens is 1. The Morgan fingerprint density at radius 2 is 1.02 bits per heavy atom. The van der Waals surface area contributed by atoms with Crippen molar-refractivity contribution in [3.8, 4) is 0 Å². The van der Waals surface area contributed by atoms with Gasteiger partial charge in [-0.05, 0) is 73.9 Å². The fourth-order valence-corrected chi connectivity index (χ4v) is 7.17. The van der Waals surface area contributed by atoms with Crippen LogP contribution < -0.4 is 39.5 Å². The molecule has 0 spiro atoms. The van der Waals surface area contributed by atoms with E-state index in [1.165, 1.54) is 99.1 Å². The molecule has 2 saturated heterocycles. The highest BCUT2D eigenvalue weighted by molar-refractivity contribution is 5.46. The first-order valence-corrected chi connectivity index (χ1v) is 16.7. The number of anilines is 1. The molecule has 0 bridgehead atoms. The summed E-state index contributed by atoms with van der Waals surface area (Å²) in [6.07, 6.45) is 8.05. The van der Waals surface area contributed by atoms with Crippen molar-refractivity contribution in [3.05, 3.63) is 102 Å². The van der Waals surface area contributed by atoms with E-state index in [1.54, 1.807) is 0 Å². The molecule has 3 aromatic rings. The predicted molar refractivity (Wildman–Crippen MR) is 177 cm³/mol. The van der Waals surface area contributed by atoms with Crippen molar-refractivity contribution >= 4 is 5.69 Å². The van der Waals surface area contributed by atoms with Crippen molar-refractivity contribution in [3.63, 3.8) is 0 Å². The number of piperidine rings is 2. The van der Waals surface area contributed by atoms with Crippen LogP contribution in [0.2, 0.25) is 0 Å². The second-order valence-corrected chi connectivity index (χ2v) is 14.1. The van der Waals surface area contributed by atoms with Gasteiger partial charge < -0.3 is 44.0 Å². The fourth-order valence-electron chi connectivity index (χ4n) is 7.17. The summed E-state index contributed by atoms with van der Waals surface area (Å²) >= 11 is 0. The molecule has 4 aliphatic rings. The molecular formula is C38H53IN4. The second kappa shape index (κ2) is 15.4. The van der Waals surface area contributed by atoms with E-state index in [0.717, 1.165) is 29.7 Å². The number of para-hydroxylation sites is 1. The highest BCUT2D eigenvalue weighted by atomic mass is 127. The van der Waals surface area contributed by atoms with Crippen LogP contribution in [0, 0.1) is 11.8 Å². The SMILES string of the molecule is C[N+]1(C)CCC(CNC2CC2c2ccccc2)CC1.[I-].c1ccc(C2CC2NCC2CCN(c3ccccc3)CC2)cc1. The maximum Gasteiger partial charge on any atom is 0.0785 e. The Morgan fingerprint density at radius 1 is 0.605 bits per heavy atom. The van der Waals surface area contributed by atoms with Gasteiger partial charge >= 0.3 is 0 Å². The molecule has 43 heavy (non-hydrogen) atoms. The molecule has 0 aromatic heterocycles. The monoisotopic (exact) mass is 692 g/mol. The summed E-state index contributed by atoms with van der Waals surface area (Å²) in [6, 6.07) is 34.2. The van der Waals surface area contributed by atoms with Crippen molar-refractivity contribution in [2.24, 2.45) is 11.8 Å². The van der Waals surface area contributed by atoms with Gasteiger partial charge in [-0.3, -0.25) is 0 Å². The van der Waals surface area contributed by atoms with Gasteiger partial charge in [-0.25, -0.2) is 0 Å². The molecule has 4 fully saturated rings. The van der Waals surface area contributed by atoms with Gasteiger partial charge in [0.15, 0.2) is 0 Å². The third-order valence-electron chi connectivity index (χ3n) is 10.4. The van der Waals surface area contributed by atoms with Crippen LogP contribution in [0.15, 0.2) is 91.0 Å². The zero-order valence-corrected chi connectivity index (χ0v) is 28.5. The van der Waals surface area contributed by atoms with E-state index in [9.17, 15) is 0 Å². The lowest BCUT2D eigenvalue weighted by Crippen LogP contribution is -3.00. The summed E-state index contributed by atoms with van der Waals surface area (Å²) in [5.41, 5.74) is 4.40.